The molecule has 0 aliphatic rings. The molecule has 0 aromatic heterocycles. The summed E-state index contributed by atoms with van der Waals surface area (Å²) in [6.45, 7) is 3.82. The van der Waals surface area contributed by atoms with Crippen LogP contribution in [-0.4, -0.2) is 18.9 Å². The molecule has 0 aromatic rings. The van der Waals surface area contributed by atoms with Crippen molar-refractivity contribution in [2.24, 2.45) is 5.92 Å². The lowest BCUT2D eigenvalue weighted by Gasteiger charge is -2.03. The second-order valence-electron chi connectivity index (χ2n) is 2.09. The van der Waals surface area contributed by atoms with Crippen molar-refractivity contribution in [1.29, 1.82) is 0 Å². The van der Waals surface area contributed by atoms with Gasteiger partial charge < -0.3 is 9.53 Å². The topological polar surface area (TPSA) is 43.4 Å². The molecule has 0 rings (SSSR count). The maximum Gasteiger partial charge on any atom is 0.315 e. The van der Waals surface area contributed by atoms with Crippen LogP contribution in [0.5, 0.6) is 0 Å². The summed E-state index contributed by atoms with van der Waals surface area (Å²) >= 11 is 0. The van der Waals surface area contributed by atoms with Gasteiger partial charge in [-0.3, -0.25) is 4.79 Å². The van der Waals surface area contributed by atoms with Gasteiger partial charge >= 0.3 is 5.97 Å². The molecule has 0 amide bonds. The van der Waals surface area contributed by atoms with Crippen molar-refractivity contribution in [3.8, 4) is 0 Å². The summed E-state index contributed by atoms with van der Waals surface area (Å²) in [5.74, 6) is -1.05. The number of hydrogen-bond acceptors (Lipinski definition) is 3. The van der Waals surface area contributed by atoms with E-state index in [-0.39, 0.29) is 0 Å². The van der Waals surface area contributed by atoms with Gasteiger partial charge in [0.1, 0.15) is 12.2 Å². The molecule has 0 aliphatic carbocycles. The summed E-state index contributed by atoms with van der Waals surface area (Å²) in [7, 11) is 0. The highest BCUT2D eigenvalue weighted by Gasteiger charge is 2.11. The lowest BCUT2D eigenvalue weighted by atomic mass is 10.2. The van der Waals surface area contributed by atoms with Gasteiger partial charge in [0.25, 0.3) is 0 Å². The van der Waals surface area contributed by atoms with Gasteiger partial charge in [-0.25, -0.2) is 0 Å². The summed E-state index contributed by atoms with van der Waals surface area (Å²) in [5, 5.41) is 0. The van der Waals surface area contributed by atoms with E-state index >= 15 is 0 Å². The van der Waals surface area contributed by atoms with Crippen molar-refractivity contribution >= 4 is 12.3 Å². The number of ether oxygens (including phenoxy) is 1. The molecule has 0 aliphatic heterocycles. The van der Waals surface area contributed by atoms with Gasteiger partial charge in [-0.1, -0.05) is 6.92 Å². The molecule has 0 heterocycles. The summed E-state index contributed by atoms with van der Waals surface area (Å²) in [5.41, 5.74) is 0. The smallest absolute Gasteiger partial charge is 0.315 e. The van der Waals surface area contributed by atoms with Gasteiger partial charge in [0.15, 0.2) is 0 Å². The Labute approximate surface area is 60.4 Å². The molecule has 10 heavy (non-hydrogen) atoms. The average Bonchev–Trinajstić information content (AvgIpc) is 1.98. The molecule has 0 N–H and O–H groups in total. The molecule has 0 saturated heterocycles. The number of esters is 1. The van der Waals surface area contributed by atoms with Gasteiger partial charge in [-0.2, -0.15) is 0 Å². The zero-order chi connectivity index (χ0) is 7.98. The van der Waals surface area contributed by atoms with Crippen LogP contribution in [0, 0.1) is 5.92 Å². The Hall–Kier alpha value is -0.860. The van der Waals surface area contributed by atoms with Crippen LogP contribution in [0.25, 0.3) is 0 Å². The monoisotopic (exact) mass is 144 g/mol. The van der Waals surface area contributed by atoms with E-state index in [0.29, 0.717) is 12.9 Å². The lowest BCUT2D eigenvalue weighted by molar-refractivity contribution is -0.149. The molecule has 58 valence electrons. The molecule has 0 spiro atoms. The average molecular weight is 144 g/mol. The van der Waals surface area contributed by atoms with Crippen molar-refractivity contribution < 1.29 is 14.3 Å². The Morgan fingerprint density at radius 3 is 2.70 bits per heavy atom. The second kappa shape index (κ2) is 4.97. The summed E-state index contributed by atoms with van der Waals surface area (Å²) in [6.07, 6.45) is 1.37. The number of carbonyl (C=O) groups excluding carboxylic acids is 2. The summed E-state index contributed by atoms with van der Waals surface area (Å²) < 4.78 is 4.67. The first-order valence-corrected chi connectivity index (χ1v) is 3.34. The van der Waals surface area contributed by atoms with Gasteiger partial charge in [0, 0.05) is 0 Å². The van der Waals surface area contributed by atoms with Crippen molar-refractivity contribution in [3.63, 3.8) is 0 Å². The van der Waals surface area contributed by atoms with Crippen molar-refractivity contribution in [2.45, 2.75) is 20.3 Å². The molecule has 0 saturated carbocycles. The first kappa shape index (κ1) is 9.14. The Kier molecular flexibility index (Phi) is 4.54. The second-order valence-corrected chi connectivity index (χ2v) is 2.09. The fourth-order valence-corrected chi connectivity index (χ4v) is 0.390. The van der Waals surface area contributed by atoms with Crippen molar-refractivity contribution in [1.82, 2.24) is 0 Å². The van der Waals surface area contributed by atoms with E-state index in [9.17, 15) is 9.59 Å². The van der Waals surface area contributed by atoms with E-state index < -0.39 is 11.9 Å². The highest BCUT2D eigenvalue weighted by Crippen LogP contribution is 1.93. The van der Waals surface area contributed by atoms with E-state index in [1.165, 1.54) is 6.92 Å². The zero-order valence-electron chi connectivity index (χ0n) is 6.29. The van der Waals surface area contributed by atoms with Crippen molar-refractivity contribution in [2.75, 3.05) is 6.61 Å². The van der Waals surface area contributed by atoms with E-state index in [1.54, 1.807) is 0 Å². The molecule has 1 unspecified atom stereocenters. The SMILES string of the molecule is CCCOC(=O)C(C)C=O. The van der Waals surface area contributed by atoms with E-state index in [2.05, 4.69) is 4.74 Å². The Balaban J connectivity index is 3.51. The molecule has 0 radical (unpaired) electrons. The fraction of sp³-hybridized carbons (Fsp3) is 0.714. The molecule has 3 heteroatoms. The largest absolute Gasteiger partial charge is 0.465 e. The maximum atomic E-state index is 10.7. The first-order chi connectivity index (χ1) is 4.72. The third kappa shape index (κ3) is 3.22. The molecular weight excluding hydrogens is 132 g/mol. The van der Waals surface area contributed by atoms with Crippen LogP contribution < -0.4 is 0 Å². The molecular formula is C7H12O3. The van der Waals surface area contributed by atoms with Crippen molar-refractivity contribution in [3.05, 3.63) is 0 Å². The quantitative estimate of drug-likeness (QED) is 0.332. The lowest BCUT2D eigenvalue weighted by Crippen LogP contribution is -2.15. The molecule has 3 nitrogen and oxygen atoms in total. The van der Waals surface area contributed by atoms with Crippen LogP contribution in [0.1, 0.15) is 20.3 Å². The van der Waals surface area contributed by atoms with Crippen LogP contribution in [0.15, 0.2) is 0 Å². The van der Waals surface area contributed by atoms with Gasteiger partial charge in [-0.05, 0) is 13.3 Å². The van der Waals surface area contributed by atoms with Crippen LogP contribution >= 0.6 is 0 Å². The number of rotatable bonds is 4. The van der Waals surface area contributed by atoms with E-state index in [4.69, 9.17) is 0 Å². The minimum atomic E-state index is -0.619. The van der Waals surface area contributed by atoms with Crippen LogP contribution in [-0.2, 0) is 14.3 Å². The Bertz CT molecular complexity index is 120. The van der Waals surface area contributed by atoms with Crippen LogP contribution in [0.2, 0.25) is 0 Å². The first-order valence-electron chi connectivity index (χ1n) is 3.34. The van der Waals surface area contributed by atoms with E-state index in [1.807, 2.05) is 6.92 Å². The maximum absolute atomic E-state index is 10.7. The Morgan fingerprint density at radius 2 is 2.30 bits per heavy atom. The highest BCUT2D eigenvalue weighted by molar-refractivity contribution is 5.87. The highest BCUT2D eigenvalue weighted by atomic mass is 16.5. The Morgan fingerprint density at radius 1 is 1.70 bits per heavy atom. The van der Waals surface area contributed by atoms with Gasteiger partial charge in [0.05, 0.1) is 6.61 Å². The predicted molar refractivity (Wildman–Crippen MR) is 36.5 cm³/mol. The minimum Gasteiger partial charge on any atom is -0.465 e. The summed E-state index contributed by atoms with van der Waals surface area (Å²) in [6, 6.07) is 0. The minimum absolute atomic E-state index is 0.400. The third-order valence-electron chi connectivity index (χ3n) is 1.02. The van der Waals surface area contributed by atoms with Gasteiger partial charge in [0.2, 0.25) is 0 Å². The van der Waals surface area contributed by atoms with Crippen LogP contribution in [0.4, 0.5) is 0 Å². The predicted octanol–water partition coefficient (Wildman–Crippen LogP) is 0.775. The molecule has 1 atom stereocenters. The molecule has 0 bridgehead atoms. The molecule has 0 aromatic carbocycles. The third-order valence-corrected chi connectivity index (χ3v) is 1.02. The normalized spacial score (nSPS) is 12.2. The number of carbonyl (C=O) groups is 2. The fourth-order valence-electron chi connectivity index (χ4n) is 0.390. The van der Waals surface area contributed by atoms with Gasteiger partial charge in [-0.15, -0.1) is 0 Å². The standard InChI is InChI=1S/C7H12O3/c1-3-4-10-7(9)6(2)5-8/h5-6H,3-4H2,1-2H3. The summed E-state index contributed by atoms with van der Waals surface area (Å²) in [4.78, 5) is 20.7. The number of hydrogen-bond donors (Lipinski definition) is 0. The number of aldehydes is 1. The van der Waals surface area contributed by atoms with Crippen LogP contribution in [0.3, 0.4) is 0 Å². The van der Waals surface area contributed by atoms with E-state index in [0.717, 1.165) is 6.42 Å². The molecule has 0 fully saturated rings. The zero-order valence-corrected chi connectivity index (χ0v) is 6.29.